The topological polar surface area (TPSA) is 87.4 Å². The summed E-state index contributed by atoms with van der Waals surface area (Å²) in [4.78, 5) is 27.0. The number of ketones is 1. The number of aliphatic hydroxyl groups excluding tert-OH is 1. The summed E-state index contributed by atoms with van der Waals surface area (Å²) in [5, 5.41) is 16.0. The van der Waals surface area contributed by atoms with Crippen molar-refractivity contribution in [1.82, 2.24) is 24.6 Å². The Kier molecular flexibility index (Phi) is 6.01. The van der Waals surface area contributed by atoms with Crippen LogP contribution in [0, 0.1) is 5.41 Å². The van der Waals surface area contributed by atoms with Crippen LogP contribution in [0.2, 0.25) is 0 Å². The van der Waals surface area contributed by atoms with Crippen molar-refractivity contribution < 1.29 is 9.90 Å². The fraction of sp³-hybridized carbons (Fsp3) is 0.379. The molecule has 3 aromatic heterocycles. The summed E-state index contributed by atoms with van der Waals surface area (Å²) in [5.74, 6) is 0.929. The van der Waals surface area contributed by atoms with Crippen LogP contribution in [-0.4, -0.2) is 68.8 Å². The molecule has 0 atom stereocenters. The van der Waals surface area contributed by atoms with Crippen molar-refractivity contribution in [1.29, 1.82) is 0 Å². The molecule has 0 saturated carbocycles. The number of nitrogens with zero attached hydrogens (tertiary/aromatic N) is 6. The number of Topliss-reactive ketones (excluding diaryl/α,β-unsaturated/α-hetero) is 1. The van der Waals surface area contributed by atoms with Crippen LogP contribution in [0.4, 0.5) is 5.82 Å². The number of carbonyl (C=O) groups is 1. The van der Waals surface area contributed by atoms with E-state index in [1.807, 2.05) is 37.5 Å². The molecule has 1 N–H and O–H groups in total. The Hall–Kier alpha value is -3.62. The minimum absolute atomic E-state index is 0.0380. The Morgan fingerprint density at radius 3 is 2.59 bits per heavy atom. The monoisotopic (exact) mass is 496 g/mol. The van der Waals surface area contributed by atoms with E-state index in [9.17, 15) is 9.90 Å². The molecule has 0 bridgehead atoms. The maximum Gasteiger partial charge on any atom is 0.169 e. The van der Waals surface area contributed by atoms with Crippen LogP contribution in [0.5, 0.6) is 0 Å². The highest BCUT2D eigenvalue weighted by Crippen LogP contribution is 2.42. The minimum Gasteiger partial charge on any atom is -0.390 e. The average Bonchev–Trinajstić information content (AvgIpc) is 3.28. The molecule has 2 fully saturated rings. The van der Waals surface area contributed by atoms with E-state index in [2.05, 4.69) is 38.0 Å². The number of fused-ring (bicyclic) bond motifs is 1. The summed E-state index contributed by atoms with van der Waals surface area (Å²) in [7, 11) is 4.01. The van der Waals surface area contributed by atoms with Crippen molar-refractivity contribution >= 4 is 22.4 Å². The van der Waals surface area contributed by atoms with Gasteiger partial charge in [-0.1, -0.05) is 12.1 Å². The van der Waals surface area contributed by atoms with E-state index in [4.69, 9.17) is 0 Å². The Labute approximate surface area is 216 Å². The molecule has 1 spiro atoms. The Bertz CT molecular complexity index is 1460. The molecule has 8 heteroatoms. The lowest BCUT2D eigenvalue weighted by molar-refractivity contribution is 0.0900. The molecule has 0 amide bonds. The number of rotatable bonds is 6. The van der Waals surface area contributed by atoms with Gasteiger partial charge in [-0.3, -0.25) is 14.5 Å². The van der Waals surface area contributed by atoms with Gasteiger partial charge in [0.25, 0.3) is 0 Å². The maximum absolute atomic E-state index is 13.2. The van der Waals surface area contributed by atoms with Crippen molar-refractivity contribution in [3.8, 4) is 11.1 Å². The standard InChI is InChI=1S/C29H32N6O2/c1-33-9-6-29(7-10-33)18-35(19-29)28-13-21(5-8-30-28)27(37)14-24-12-23-11-20(3-4-22(23)15-31-24)25-16-32-34(2)26(25)17-36/h3-5,8,11-13,15-16,36H,6-7,9-10,14,17-19H2,1-2H3. The lowest BCUT2D eigenvalue weighted by Gasteiger charge is -2.54. The van der Waals surface area contributed by atoms with E-state index >= 15 is 0 Å². The number of anilines is 1. The predicted octanol–water partition coefficient (Wildman–Crippen LogP) is 3.48. The van der Waals surface area contributed by atoms with Crippen LogP contribution in [0.3, 0.4) is 0 Å². The molecular formula is C29H32N6O2. The number of aliphatic hydroxyl groups is 1. The van der Waals surface area contributed by atoms with Crippen LogP contribution < -0.4 is 4.90 Å². The Morgan fingerprint density at radius 2 is 1.81 bits per heavy atom. The first-order chi connectivity index (χ1) is 17.9. The molecule has 4 aromatic rings. The summed E-state index contributed by atoms with van der Waals surface area (Å²) in [6, 6.07) is 11.8. The molecule has 2 aliphatic rings. The lowest BCUT2D eigenvalue weighted by Crippen LogP contribution is -2.60. The highest BCUT2D eigenvalue weighted by molar-refractivity contribution is 5.98. The molecule has 2 aliphatic heterocycles. The van der Waals surface area contributed by atoms with Crippen LogP contribution in [0.15, 0.2) is 55.0 Å². The average molecular weight is 497 g/mol. The van der Waals surface area contributed by atoms with Crippen molar-refractivity contribution in [2.45, 2.75) is 25.9 Å². The van der Waals surface area contributed by atoms with Crippen LogP contribution in [-0.2, 0) is 20.1 Å². The fourth-order valence-electron chi connectivity index (χ4n) is 5.71. The SMILES string of the molecule is CN1CCC2(CC1)CN(c1cc(C(=O)Cc3cc4cc(-c5cnn(C)c5CO)ccc4cn3)ccn1)C2. The van der Waals surface area contributed by atoms with Gasteiger partial charge in [-0.25, -0.2) is 4.98 Å². The Balaban J connectivity index is 1.18. The number of aryl methyl sites for hydroxylation is 1. The van der Waals surface area contributed by atoms with Gasteiger partial charge in [0.05, 0.1) is 24.9 Å². The van der Waals surface area contributed by atoms with Crippen molar-refractivity contribution in [2.24, 2.45) is 12.5 Å². The summed E-state index contributed by atoms with van der Waals surface area (Å²) < 4.78 is 1.69. The van der Waals surface area contributed by atoms with Crippen molar-refractivity contribution in [3.63, 3.8) is 0 Å². The predicted molar refractivity (Wildman–Crippen MR) is 144 cm³/mol. The molecular weight excluding hydrogens is 464 g/mol. The first kappa shape index (κ1) is 23.8. The minimum atomic E-state index is -0.0797. The van der Waals surface area contributed by atoms with E-state index in [-0.39, 0.29) is 18.8 Å². The molecule has 5 heterocycles. The maximum atomic E-state index is 13.2. The number of pyridine rings is 2. The molecule has 8 nitrogen and oxygen atoms in total. The van der Waals surface area contributed by atoms with Gasteiger partial charge < -0.3 is 14.9 Å². The second-order valence-corrected chi connectivity index (χ2v) is 10.7. The summed E-state index contributed by atoms with van der Waals surface area (Å²) in [6.45, 7) is 4.28. The third-order valence-corrected chi connectivity index (χ3v) is 8.13. The van der Waals surface area contributed by atoms with Crippen molar-refractivity contribution in [3.05, 3.63) is 71.9 Å². The van der Waals surface area contributed by atoms with Gasteiger partial charge in [0.15, 0.2) is 5.78 Å². The first-order valence-electron chi connectivity index (χ1n) is 12.9. The molecule has 190 valence electrons. The number of aromatic nitrogens is 4. The summed E-state index contributed by atoms with van der Waals surface area (Å²) >= 11 is 0. The fourth-order valence-corrected chi connectivity index (χ4v) is 5.71. The third-order valence-electron chi connectivity index (χ3n) is 8.13. The number of benzene rings is 1. The van der Waals surface area contributed by atoms with E-state index in [1.54, 1.807) is 23.1 Å². The van der Waals surface area contributed by atoms with Crippen LogP contribution in [0.1, 0.15) is 34.6 Å². The van der Waals surface area contributed by atoms with Gasteiger partial charge in [-0.2, -0.15) is 5.10 Å². The molecule has 2 saturated heterocycles. The van der Waals surface area contributed by atoms with Crippen molar-refractivity contribution in [2.75, 3.05) is 38.1 Å². The quantitative estimate of drug-likeness (QED) is 0.409. The number of carbonyl (C=O) groups excluding carboxylic acids is 1. The number of hydrogen-bond acceptors (Lipinski definition) is 7. The van der Waals surface area contributed by atoms with Crippen LogP contribution >= 0.6 is 0 Å². The first-order valence-corrected chi connectivity index (χ1v) is 12.9. The highest BCUT2D eigenvalue weighted by Gasteiger charge is 2.44. The molecule has 1 aromatic carbocycles. The molecule has 0 radical (unpaired) electrons. The number of hydrogen-bond donors (Lipinski definition) is 1. The highest BCUT2D eigenvalue weighted by atomic mass is 16.3. The van der Waals surface area contributed by atoms with Gasteiger partial charge in [0, 0.05) is 60.2 Å². The van der Waals surface area contributed by atoms with E-state index in [1.165, 1.54) is 12.8 Å². The van der Waals surface area contributed by atoms with E-state index < -0.39 is 0 Å². The van der Waals surface area contributed by atoms with E-state index in [0.717, 1.165) is 65.3 Å². The van der Waals surface area contributed by atoms with Gasteiger partial charge >= 0.3 is 0 Å². The van der Waals surface area contributed by atoms with Gasteiger partial charge in [-0.05, 0) is 68.2 Å². The third kappa shape index (κ3) is 4.51. The number of piperidine rings is 1. The molecule has 0 unspecified atom stereocenters. The largest absolute Gasteiger partial charge is 0.390 e. The second-order valence-electron chi connectivity index (χ2n) is 10.7. The van der Waals surface area contributed by atoms with Gasteiger partial charge in [-0.15, -0.1) is 0 Å². The zero-order chi connectivity index (χ0) is 25.6. The normalized spacial score (nSPS) is 17.3. The second kappa shape index (κ2) is 9.36. The van der Waals surface area contributed by atoms with E-state index in [0.29, 0.717) is 11.0 Å². The lowest BCUT2D eigenvalue weighted by atomic mass is 9.72. The Morgan fingerprint density at radius 1 is 1.00 bits per heavy atom. The van der Waals surface area contributed by atoms with Gasteiger partial charge in [0.1, 0.15) is 5.82 Å². The van der Waals surface area contributed by atoms with Crippen LogP contribution in [0.25, 0.3) is 21.9 Å². The van der Waals surface area contributed by atoms with Gasteiger partial charge in [0.2, 0.25) is 0 Å². The molecule has 37 heavy (non-hydrogen) atoms. The summed E-state index contributed by atoms with van der Waals surface area (Å²) in [6.07, 6.45) is 8.03. The summed E-state index contributed by atoms with van der Waals surface area (Å²) in [5.41, 5.74) is 4.46. The molecule has 0 aliphatic carbocycles. The number of likely N-dealkylation sites (tertiary alicyclic amines) is 1. The smallest absolute Gasteiger partial charge is 0.169 e. The zero-order valence-corrected chi connectivity index (χ0v) is 21.4. The molecule has 6 rings (SSSR count). The zero-order valence-electron chi connectivity index (χ0n) is 21.4.